The molecule has 31 heavy (non-hydrogen) atoms. The molecule has 4 rings (SSSR count). The fraction of sp³-hybridized carbons (Fsp3) is 0.261. The lowest BCUT2D eigenvalue weighted by Crippen LogP contribution is -2.54. The maximum Gasteiger partial charge on any atom is 0.335 e. The van der Waals surface area contributed by atoms with E-state index in [1.54, 1.807) is 24.3 Å². The predicted molar refractivity (Wildman–Crippen MR) is 116 cm³/mol. The molecule has 8 heteroatoms. The number of anilines is 2. The van der Waals surface area contributed by atoms with Gasteiger partial charge in [0.2, 0.25) is 0 Å². The Balaban J connectivity index is 1.63. The minimum Gasteiger partial charge on any atom is -0.497 e. The van der Waals surface area contributed by atoms with Gasteiger partial charge in [0.25, 0.3) is 11.8 Å². The number of carbonyl (C=O) groups is 3. The second-order valence-electron chi connectivity index (χ2n) is 7.30. The molecule has 0 spiro atoms. The van der Waals surface area contributed by atoms with Crippen molar-refractivity contribution in [2.24, 2.45) is 0 Å². The first-order valence-corrected chi connectivity index (χ1v) is 9.97. The average Bonchev–Trinajstić information content (AvgIpc) is 2.78. The summed E-state index contributed by atoms with van der Waals surface area (Å²) in [6, 6.07) is 11.5. The lowest BCUT2D eigenvalue weighted by molar-refractivity contribution is -0.122. The molecule has 0 radical (unpaired) electrons. The van der Waals surface area contributed by atoms with Crippen LogP contribution in [0, 0.1) is 6.92 Å². The van der Waals surface area contributed by atoms with Crippen LogP contribution in [0.5, 0.6) is 5.75 Å². The number of nitrogens with zero attached hydrogens (tertiary/aromatic N) is 2. The highest BCUT2D eigenvalue weighted by Crippen LogP contribution is 2.26. The number of amides is 4. The highest BCUT2D eigenvalue weighted by molar-refractivity contribution is 6.39. The number of barbiturate groups is 1. The SMILES string of the molecule is COc1ccc(N2C(=O)NC(=O)/C(=C\c3ccc(N4CCOCC4)cc3C)C2=O)cc1. The van der Waals surface area contributed by atoms with Crippen molar-refractivity contribution in [2.45, 2.75) is 6.92 Å². The number of hydrogen-bond donors (Lipinski definition) is 1. The molecule has 2 aliphatic rings. The summed E-state index contributed by atoms with van der Waals surface area (Å²) in [5, 5.41) is 2.25. The Bertz CT molecular complexity index is 1060. The largest absolute Gasteiger partial charge is 0.497 e. The first-order chi connectivity index (χ1) is 15.0. The molecule has 8 nitrogen and oxygen atoms in total. The van der Waals surface area contributed by atoms with E-state index < -0.39 is 17.8 Å². The monoisotopic (exact) mass is 421 g/mol. The fourth-order valence-electron chi connectivity index (χ4n) is 3.62. The number of rotatable bonds is 4. The van der Waals surface area contributed by atoms with Crippen molar-refractivity contribution in [3.63, 3.8) is 0 Å². The number of methoxy groups -OCH3 is 1. The van der Waals surface area contributed by atoms with Crippen LogP contribution in [0.2, 0.25) is 0 Å². The number of urea groups is 1. The summed E-state index contributed by atoms with van der Waals surface area (Å²) in [5.74, 6) is -0.788. The Morgan fingerprint density at radius 3 is 2.32 bits per heavy atom. The molecular weight excluding hydrogens is 398 g/mol. The van der Waals surface area contributed by atoms with Crippen LogP contribution >= 0.6 is 0 Å². The molecule has 0 bridgehead atoms. The summed E-state index contributed by atoms with van der Waals surface area (Å²) < 4.78 is 10.5. The standard InChI is InChI=1S/C23H23N3O5/c1-15-13-18(25-9-11-31-12-10-25)4-3-16(15)14-20-21(27)24-23(29)26(22(20)28)17-5-7-19(30-2)8-6-17/h3-8,13-14H,9-12H2,1-2H3,(H,24,27,29)/b20-14+. The van der Waals surface area contributed by atoms with E-state index in [1.807, 2.05) is 25.1 Å². The van der Waals surface area contributed by atoms with Gasteiger partial charge in [0.15, 0.2) is 0 Å². The molecule has 0 unspecified atom stereocenters. The van der Waals surface area contributed by atoms with Gasteiger partial charge in [-0.25, -0.2) is 9.69 Å². The zero-order valence-corrected chi connectivity index (χ0v) is 17.4. The van der Waals surface area contributed by atoms with Crippen molar-refractivity contribution in [3.05, 3.63) is 59.2 Å². The number of aryl methyl sites for hydroxylation is 1. The van der Waals surface area contributed by atoms with E-state index in [4.69, 9.17) is 9.47 Å². The maximum absolute atomic E-state index is 13.1. The van der Waals surface area contributed by atoms with Crippen LogP contribution in [-0.2, 0) is 14.3 Å². The van der Waals surface area contributed by atoms with Gasteiger partial charge in [-0.05, 0) is 60.5 Å². The molecule has 4 amide bonds. The molecule has 2 aromatic carbocycles. The summed E-state index contributed by atoms with van der Waals surface area (Å²) in [5.41, 5.74) is 2.97. The Morgan fingerprint density at radius 1 is 1.00 bits per heavy atom. The quantitative estimate of drug-likeness (QED) is 0.603. The molecule has 0 saturated carbocycles. The minimum atomic E-state index is -0.781. The summed E-state index contributed by atoms with van der Waals surface area (Å²) >= 11 is 0. The van der Waals surface area contributed by atoms with Crippen LogP contribution in [0.4, 0.5) is 16.2 Å². The highest BCUT2D eigenvalue weighted by Gasteiger charge is 2.36. The van der Waals surface area contributed by atoms with Crippen LogP contribution in [0.15, 0.2) is 48.0 Å². The van der Waals surface area contributed by atoms with Crippen LogP contribution in [-0.4, -0.2) is 51.3 Å². The van der Waals surface area contributed by atoms with E-state index in [-0.39, 0.29) is 5.57 Å². The van der Waals surface area contributed by atoms with Gasteiger partial charge >= 0.3 is 6.03 Å². The third kappa shape index (κ3) is 4.15. The van der Waals surface area contributed by atoms with Crippen LogP contribution in [0.25, 0.3) is 6.08 Å². The second-order valence-corrected chi connectivity index (χ2v) is 7.30. The normalized spacial score (nSPS) is 18.4. The van der Waals surface area contributed by atoms with Crippen molar-refractivity contribution in [3.8, 4) is 5.75 Å². The van der Waals surface area contributed by atoms with Crippen molar-refractivity contribution in [1.82, 2.24) is 5.32 Å². The smallest absolute Gasteiger partial charge is 0.335 e. The maximum atomic E-state index is 13.1. The summed E-state index contributed by atoms with van der Waals surface area (Å²) in [6.45, 7) is 4.94. The van der Waals surface area contributed by atoms with Crippen molar-refractivity contribution in [2.75, 3.05) is 43.2 Å². The number of carbonyl (C=O) groups excluding carboxylic acids is 3. The number of benzene rings is 2. The molecule has 1 N–H and O–H groups in total. The number of imide groups is 2. The molecule has 2 saturated heterocycles. The third-order valence-corrected chi connectivity index (χ3v) is 5.36. The molecular formula is C23H23N3O5. The Morgan fingerprint density at radius 2 is 1.68 bits per heavy atom. The highest BCUT2D eigenvalue weighted by atomic mass is 16.5. The summed E-state index contributed by atoms with van der Waals surface area (Å²) in [4.78, 5) is 41.0. The molecule has 2 aliphatic heterocycles. The van der Waals surface area contributed by atoms with Gasteiger partial charge in [0.05, 0.1) is 26.0 Å². The van der Waals surface area contributed by atoms with Gasteiger partial charge < -0.3 is 14.4 Å². The summed E-state index contributed by atoms with van der Waals surface area (Å²) in [7, 11) is 1.53. The topological polar surface area (TPSA) is 88.2 Å². The fourth-order valence-corrected chi connectivity index (χ4v) is 3.62. The number of nitrogens with one attached hydrogen (secondary N) is 1. The van der Waals surface area contributed by atoms with Gasteiger partial charge in [-0.2, -0.15) is 0 Å². The lowest BCUT2D eigenvalue weighted by atomic mass is 10.0. The molecule has 160 valence electrons. The third-order valence-electron chi connectivity index (χ3n) is 5.36. The van der Waals surface area contributed by atoms with Gasteiger partial charge in [-0.3, -0.25) is 14.9 Å². The molecule has 0 aliphatic carbocycles. The van der Waals surface area contributed by atoms with Gasteiger partial charge in [0.1, 0.15) is 11.3 Å². The van der Waals surface area contributed by atoms with E-state index >= 15 is 0 Å². The van der Waals surface area contributed by atoms with Crippen molar-refractivity contribution >= 4 is 35.3 Å². The molecule has 0 aromatic heterocycles. The van der Waals surface area contributed by atoms with Gasteiger partial charge in [0, 0.05) is 18.8 Å². The first-order valence-electron chi connectivity index (χ1n) is 9.97. The van der Waals surface area contributed by atoms with E-state index in [1.165, 1.54) is 13.2 Å². The lowest BCUT2D eigenvalue weighted by Gasteiger charge is -2.29. The van der Waals surface area contributed by atoms with Crippen molar-refractivity contribution in [1.29, 1.82) is 0 Å². The Hall–Kier alpha value is -3.65. The zero-order chi connectivity index (χ0) is 22.0. The number of hydrogen-bond acceptors (Lipinski definition) is 6. The Kier molecular flexibility index (Phi) is 5.73. The molecule has 2 heterocycles. The minimum absolute atomic E-state index is 0.0994. The average molecular weight is 421 g/mol. The van der Waals surface area contributed by atoms with Crippen molar-refractivity contribution < 1.29 is 23.9 Å². The van der Waals surface area contributed by atoms with E-state index in [9.17, 15) is 14.4 Å². The Labute approximate surface area is 180 Å². The molecule has 0 atom stereocenters. The molecule has 2 fully saturated rings. The number of ether oxygens (including phenoxy) is 2. The van der Waals surface area contributed by atoms with E-state index in [2.05, 4.69) is 10.2 Å². The predicted octanol–water partition coefficient (Wildman–Crippen LogP) is 2.51. The zero-order valence-electron chi connectivity index (χ0n) is 17.4. The van der Waals surface area contributed by atoms with E-state index in [0.29, 0.717) is 24.7 Å². The van der Waals surface area contributed by atoms with Crippen LogP contribution in [0.3, 0.4) is 0 Å². The molecule has 2 aromatic rings. The summed E-state index contributed by atoms with van der Waals surface area (Å²) in [6.07, 6.45) is 1.53. The second kappa shape index (κ2) is 8.61. The first kappa shape index (κ1) is 20.6. The van der Waals surface area contributed by atoms with Gasteiger partial charge in [-0.15, -0.1) is 0 Å². The van der Waals surface area contributed by atoms with E-state index in [0.717, 1.165) is 34.8 Å². The van der Waals surface area contributed by atoms with Crippen LogP contribution < -0.4 is 19.9 Å². The van der Waals surface area contributed by atoms with Crippen LogP contribution in [0.1, 0.15) is 11.1 Å². The number of morpholine rings is 1. The van der Waals surface area contributed by atoms with Gasteiger partial charge in [-0.1, -0.05) is 6.07 Å².